The summed E-state index contributed by atoms with van der Waals surface area (Å²) < 4.78 is 22.5. The molecule has 0 aliphatic carbocycles. The summed E-state index contributed by atoms with van der Waals surface area (Å²) >= 11 is 0. The van der Waals surface area contributed by atoms with E-state index in [-0.39, 0.29) is 4.90 Å². The molecule has 1 heterocycles. The number of primary sulfonamides is 1. The van der Waals surface area contributed by atoms with Gasteiger partial charge in [-0.15, -0.1) is 0 Å². The Kier molecular flexibility index (Phi) is 5.29. The number of sulfonamides is 1. The molecule has 6 nitrogen and oxygen atoms in total. The largest absolute Gasteiger partial charge is 0.354 e. The predicted molar refractivity (Wildman–Crippen MR) is 102 cm³/mol. The van der Waals surface area contributed by atoms with E-state index < -0.39 is 10.0 Å². The number of nitrogens with one attached hydrogen (secondary N) is 1. The molecular formula is C19H20N4O2S. The van der Waals surface area contributed by atoms with Gasteiger partial charge in [0.2, 0.25) is 16.0 Å². The van der Waals surface area contributed by atoms with Crippen molar-refractivity contribution in [3.8, 4) is 11.1 Å². The first-order chi connectivity index (χ1) is 12.4. The number of anilines is 1. The van der Waals surface area contributed by atoms with Crippen LogP contribution in [0.2, 0.25) is 0 Å². The van der Waals surface area contributed by atoms with Gasteiger partial charge in [0.05, 0.1) is 10.6 Å². The van der Waals surface area contributed by atoms with E-state index in [0.29, 0.717) is 18.9 Å². The third-order valence-electron chi connectivity index (χ3n) is 4.01. The Morgan fingerprint density at radius 1 is 1.04 bits per heavy atom. The first kappa shape index (κ1) is 18.0. The second-order valence-electron chi connectivity index (χ2n) is 5.92. The molecule has 134 valence electrons. The van der Waals surface area contributed by atoms with Crippen LogP contribution < -0.4 is 10.5 Å². The lowest BCUT2D eigenvalue weighted by atomic mass is 10.1. The molecule has 7 heteroatoms. The number of aryl methyl sites for hydroxylation is 1. The van der Waals surface area contributed by atoms with Crippen molar-refractivity contribution < 1.29 is 8.42 Å². The Labute approximate surface area is 153 Å². The van der Waals surface area contributed by atoms with Crippen molar-refractivity contribution >= 4 is 16.0 Å². The first-order valence-corrected chi connectivity index (χ1v) is 9.73. The van der Waals surface area contributed by atoms with Crippen molar-refractivity contribution in [3.63, 3.8) is 0 Å². The number of aromatic nitrogens is 2. The van der Waals surface area contributed by atoms with Crippen LogP contribution in [0.5, 0.6) is 0 Å². The quantitative estimate of drug-likeness (QED) is 0.697. The number of nitrogens with zero attached hydrogens (tertiary/aromatic N) is 2. The number of benzene rings is 2. The van der Waals surface area contributed by atoms with E-state index in [1.165, 1.54) is 12.1 Å². The zero-order valence-electron chi connectivity index (χ0n) is 14.4. The molecule has 0 saturated heterocycles. The second-order valence-corrected chi connectivity index (χ2v) is 7.49. The molecule has 3 N–H and O–H groups in total. The van der Waals surface area contributed by atoms with Crippen LogP contribution in [0.1, 0.15) is 11.3 Å². The summed E-state index contributed by atoms with van der Waals surface area (Å²) in [5, 5.41) is 8.29. The molecular weight excluding hydrogens is 348 g/mol. The molecule has 0 atom stereocenters. The number of rotatable bonds is 6. The average molecular weight is 368 g/mol. The summed E-state index contributed by atoms with van der Waals surface area (Å²) in [5.74, 6) is 0.573. The molecule has 3 aromatic rings. The molecule has 3 rings (SSSR count). The molecule has 0 bridgehead atoms. The molecule has 0 aliphatic rings. The predicted octanol–water partition coefficient (Wildman–Crippen LogP) is 2.75. The Hall–Kier alpha value is -2.77. The molecule has 0 saturated carbocycles. The third-order valence-corrected chi connectivity index (χ3v) is 4.94. The maximum Gasteiger partial charge on any atom is 0.238 e. The van der Waals surface area contributed by atoms with Crippen molar-refractivity contribution in [1.29, 1.82) is 0 Å². The summed E-state index contributed by atoms with van der Waals surface area (Å²) in [6, 6.07) is 16.6. The lowest BCUT2D eigenvalue weighted by Gasteiger charge is -2.09. The summed E-state index contributed by atoms with van der Waals surface area (Å²) in [4.78, 5) is 9.00. The minimum atomic E-state index is -3.65. The van der Waals surface area contributed by atoms with E-state index in [1.807, 2.05) is 43.5 Å². The van der Waals surface area contributed by atoms with E-state index in [9.17, 15) is 8.42 Å². The van der Waals surface area contributed by atoms with Gasteiger partial charge in [0.25, 0.3) is 0 Å². The zero-order valence-corrected chi connectivity index (χ0v) is 15.2. The van der Waals surface area contributed by atoms with Crippen molar-refractivity contribution in [3.05, 3.63) is 72.1 Å². The van der Waals surface area contributed by atoms with Gasteiger partial charge >= 0.3 is 0 Å². The fourth-order valence-corrected chi connectivity index (χ4v) is 3.13. The van der Waals surface area contributed by atoms with Crippen LogP contribution in [0.3, 0.4) is 0 Å². The molecule has 1 aromatic heterocycles. The lowest BCUT2D eigenvalue weighted by Crippen LogP contribution is -2.12. The molecule has 0 aliphatic heterocycles. The van der Waals surface area contributed by atoms with E-state index in [0.717, 1.165) is 22.4 Å². The molecule has 26 heavy (non-hydrogen) atoms. The standard InChI is InChI=1S/C19H20N4O2S/c1-14-18(16-5-3-2-4-6-16)13-22-19(23-14)21-12-11-15-7-9-17(10-8-15)26(20,24)25/h2-10,13H,11-12H2,1H3,(H2,20,24,25)(H,21,22,23). The van der Waals surface area contributed by atoms with Gasteiger partial charge in [0, 0.05) is 18.3 Å². The second kappa shape index (κ2) is 7.63. The number of nitrogens with two attached hydrogens (primary N) is 1. The van der Waals surface area contributed by atoms with Gasteiger partial charge in [-0.25, -0.2) is 23.5 Å². The van der Waals surface area contributed by atoms with E-state index in [2.05, 4.69) is 15.3 Å². The van der Waals surface area contributed by atoms with Crippen molar-refractivity contribution in [2.45, 2.75) is 18.2 Å². The first-order valence-electron chi connectivity index (χ1n) is 8.18. The van der Waals surface area contributed by atoms with Crippen LogP contribution in [-0.4, -0.2) is 24.9 Å². The normalized spacial score (nSPS) is 11.3. The average Bonchev–Trinajstić information content (AvgIpc) is 2.62. The summed E-state index contributed by atoms with van der Waals surface area (Å²) in [6.07, 6.45) is 2.54. The van der Waals surface area contributed by atoms with Crippen molar-refractivity contribution in [2.75, 3.05) is 11.9 Å². The molecule has 2 aromatic carbocycles. The van der Waals surface area contributed by atoms with Gasteiger partial charge in [-0.1, -0.05) is 42.5 Å². The minimum absolute atomic E-state index is 0.115. The maximum atomic E-state index is 11.3. The highest BCUT2D eigenvalue weighted by Gasteiger charge is 2.07. The van der Waals surface area contributed by atoms with E-state index >= 15 is 0 Å². The molecule has 0 unspecified atom stereocenters. The van der Waals surface area contributed by atoms with Crippen LogP contribution in [-0.2, 0) is 16.4 Å². The van der Waals surface area contributed by atoms with Crippen molar-refractivity contribution in [1.82, 2.24) is 9.97 Å². The molecule has 0 spiro atoms. The SMILES string of the molecule is Cc1nc(NCCc2ccc(S(N)(=O)=O)cc2)ncc1-c1ccccc1. The molecule has 0 radical (unpaired) electrons. The third kappa shape index (κ3) is 4.44. The van der Waals surface area contributed by atoms with E-state index in [1.54, 1.807) is 12.1 Å². The van der Waals surface area contributed by atoms with Crippen molar-refractivity contribution in [2.24, 2.45) is 5.14 Å². The van der Waals surface area contributed by atoms with Crippen LogP contribution in [0.4, 0.5) is 5.95 Å². The van der Waals surface area contributed by atoms with Crippen LogP contribution in [0.25, 0.3) is 11.1 Å². The number of hydrogen-bond donors (Lipinski definition) is 2. The zero-order chi connectivity index (χ0) is 18.6. The smallest absolute Gasteiger partial charge is 0.238 e. The van der Waals surface area contributed by atoms with Gasteiger partial charge in [-0.3, -0.25) is 0 Å². The summed E-state index contributed by atoms with van der Waals surface area (Å²) in [6.45, 7) is 2.60. The highest BCUT2D eigenvalue weighted by Crippen LogP contribution is 2.21. The van der Waals surface area contributed by atoms with Crippen LogP contribution >= 0.6 is 0 Å². The summed E-state index contributed by atoms with van der Waals surface area (Å²) in [5.41, 5.74) is 4.01. The minimum Gasteiger partial charge on any atom is -0.354 e. The Balaban J connectivity index is 1.61. The highest BCUT2D eigenvalue weighted by molar-refractivity contribution is 7.89. The van der Waals surface area contributed by atoms with Crippen LogP contribution in [0.15, 0.2) is 65.7 Å². The van der Waals surface area contributed by atoms with Gasteiger partial charge < -0.3 is 5.32 Å². The fourth-order valence-electron chi connectivity index (χ4n) is 2.62. The van der Waals surface area contributed by atoms with Crippen LogP contribution in [0, 0.1) is 6.92 Å². The van der Waals surface area contributed by atoms with Gasteiger partial charge in [0.15, 0.2) is 0 Å². The summed E-state index contributed by atoms with van der Waals surface area (Å²) in [7, 11) is -3.65. The fraction of sp³-hybridized carbons (Fsp3) is 0.158. The van der Waals surface area contributed by atoms with Gasteiger partial charge in [-0.05, 0) is 36.6 Å². The lowest BCUT2D eigenvalue weighted by molar-refractivity contribution is 0.598. The van der Waals surface area contributed by atoms with Gasteiger partial charge in [-0.2, -0.15) is 0 Å². The Morgan fingerprint density at radius 2 is 1.73 bits per heavy atom. The van der Waals surface area contributed by atoms with Gasteiger partial charge in [0.1, 0.15) is 0 Å². The number of hydrogen-bond acceptors (Lipinski definition) is 5. The monoisotopic (exact) mass is 368 g/mol. The highest BCUT2D eigenvalue weighted by atomic mass is 32.2. The molecule has 0 amide bonds. The Bertz CT molecular complexity index is 988. The maximum absolute atomic E-state index is 11.3. The topological polar surface area (TPSA) is 98.0 Å². The molecule has 0 fully saturated rings. The Morgan fingerprint density at radius 3 is 2.35 bits per heavy atom. The van der Waals surface area contributed by atoms with E-state index in [4.69, 9.17) is 5.14 Å².